The van der Waals surface area contributed by atoms with Gasteiger partial charge in [-0.25, -0.2) is 0 Å². The van der Waals surface area contributed by atoms with Crippen LogP contribution in [0.5, 0.6) is 0 Å². The molecule has 0 radical (unpaired) electrons. The molecule has 21 heavy (non-hydrogen) atoms. The molecule has 2 unspecified atom stereocenters. The van der Waals surface area contributed by atoms with E-state index in [1.807, 2.05) is 13.0 Å². The van der Waals surface area contributed by atoms with Crippen LogP contribution in [0.25, 0.3) is 0 Å². The maximum absolute atomic E-state index is 12.8. The summed E-state index contributed by atoms with van der Waals surface area (Å²) in [7, 11) is 0. The van der Waals surface area contributed by atoms with Crippen molar-refractivity contribution < 1.29 is 18.0 Å². The number of carbonyl (C=O) groups is 1. The largest absolute Gasteiger partial charge is 0.391 e. The zero-order valence-corrected chi connectivity index (χ0v) is 12.6. The molecule has 1 aliphatic carbocycles. The van der Waals surface area contributed by atoms with Crippen LogP contribution in [-0.2, 0) is 11.2 Å². The lowest BCUT2D eigenvalue weighted by Gasteiger charge is -2.29. The highest BCUT2D eigenvalue weighted by Crippen LogP contribution is 2.40. The van der Waals surface area contributed by atoms with E-state index >= 15 is 0 Å². The molecule has 1 nitrogen and oxygen atoms in total. The number of alkyl halides is 3. The van der Waals surface area contributed by atoms with Crippen LogP contribution in [0.15, 0.2) is 18.2 Å². The molecule has 0 aromatic heterocycles. The zero-order chi connectivity index (χ0) is 15.6. The second kappa shape index (κ2) is 6.39. The predicted molar refractivity (Wildman–Crippen MR) is 76.4 cm³/mol. The van der Waals surface area contributed by atoms with Crippen LogP contribution in [0.1, 0.15) is 36.8 Å². The molecule has 2 rings (SSSR count). The molecule has 2 atom stereocenters. The van der Waals surface area contributed by atoms with E-state index < -0.39 is 18.0 Å². The van der Waals surface area contributed by atoms with Crippen molar-refractivity contribution in [3.63, 3.8) is 0 Å². The number of Topliss-reactive ketones (excluding diaryl/α,β-unsaturated/α-hetero) is 1. The lowest BCUT2D eigenvalue weighted by molar-refractivity contribution is -0.186. The van der Waals surface area contributed by atoms with Gasteiger partial charge in [0, 0.05) is 17.4 Å². The molecular weight excluding hydrogens is 301 g/mol. The van der Waals surface area contributed by atoms with Crippen LogP contribution in [-0.4, -0.2) is 12.0 Å². The van der Waals surface area contributed by atoms with E-state index in [1.165, 1.54) is 0 Å². The Morgan fingerprint density at radius 2 is 2.05 bits per heavy atom. The van der Waals surface area contributed by atoms with E-state index in [9.17, 15) is 18.0 Å². The van der Waals surface area contributed by atoms with Crippen molar-refractivity contribution in [1.82, 2.24) is 0 Å². The number of rotatable bonds is 3. The maximum atomic E-state index is 12.8. The summed E-state index contributed by atoms with van der Waals surface area (Å²) in [5.41, 5.74) is 1.69. The normalized spacial score (nSPS) is 23.1. The van der Waals surface area contributed by atoms with Gasteiger partial charge in [0.1, 0.15) is 5.78 Å². The Kier molecular flexibility index (Phi) is 4.97. The molecule has 0 amide bonds. The molecule has 1 aromatic carbocycles. The Morgan fingerprint density at radius 3 is 2.67 bits per heavy atom. The number of ketones is 1. The van der Waals surface area contributed by atoms with E-state index in [-0.39, 0.29) is 25.0 Å². The van der Waals surface area contributed by atoms with Crippen molar-refractivity contribution in [2.24, 2.45) is 11.8 Å². The first-order valence-corrected chi connectivity index (χ1v) is 7.49. The van der Waals surface area contributed by atoms with Gasteiger partial charge >= 0.3 is 6.18 Å². The van der Waals surface area contributed by atoms with E-state index in [4.69, 9.17) is 11.6 Å². The minimum atomic E-state index is -4.19. The Morgan fingerprint density at radius 1 is 1.33 bits per heavy atom. The van der Waals surface area contributed by atoms with Crippen molar-refractivity contribution in [2.45, 2.75) is 45.2 Å². The van der Waals surface area contributed by atoms with Crippen LogP contribution < -0.4 is 0 Å². The van der Waals surface area contributed by atoms with Crippen molar-refractivity contribution in [1.29, 1.82) is 0 Å². The smallest absolute Gasteiger partial charge is 0.299 e. The second-order valence-corrected chi connectivity index (χ2v) is 6.25. The van der Waals surface area contributed by atoms with Gasteiger partial charge in [0.15, 0.2) is 0 Å². The van der Waals surface area contributed by atoms with E-state index in [2.05, 4.69) is 0 Å². The summed E-state index contributed by atoms with van der Waals surface area (Å²) < 4.78 is 38.3. The summed E-state index contributed by atoms with van der Waals surface area (Å²) >= 11 is 6.08. The number of hydrogen-bond acceptors (Lipinski definition) is 1. The zero-order valence-electron chi connectivity index (χ0n) is 11.8. The third kappa shape index (κ3) is 4.22. The van der Waals surface area contributed by atoms with Crippen LogP contribution >= 0.6 is 11.6 Å². The summed E-state index contributed by atoms with van der Waals surface area (Å²) in [5.74, 6) is -1.97. The molecule has 1 aliphatic rings. The second-order valence-electron chi connectivity index (χ2n) is 5.84. The standard InChI is InChI=1S/C16H18ClF3O/c1-10-5-6-11(14(17)7-10)9-15(21)12-3-2-4-13(8-12)16(18,19)20/h5-7,12-13H,2-4,8-9H2,1H3. The molecule has 0 heterocycles. The topological polar surface area (TPSA) is 17.1 Å². The molecule has 0 N–H and O–H groups in total. The van der Waals surface area contributed by atoms with Gasteiger partial charge in [-0.15, -0.1) is 0 Å². The summed E-state index contributed by atoms with van der Waals surface area (Å²) in [6.45, 7) is 1.90. The van der Waals surface area contributed by atoms with Gasteiger partial charge in [-0.2, -0.15) is 13.2 Å². The van der Waals surface area contributed by atoms with Crippen molar-refractivity contribution in [2.75, 3.05) is 0 Å². The van der Waals surface area contributed by atoms with Crippen LogP contribution in [0, 0.1) is 18.8 Å². The summed E-state index contributed by atoms with van der Waals surface area (Å²) in [4.78, 5) is 12.3. The number of benzene rings is 1. The fourth-order valence-electron chi connectivity index (χ4n) is 2.91. The van der Waals surface area contributed by atoms with Gasteiger partial charge in [-0.3, -0.25) is 4.79 Å². The van der Waals surface area contributed by atoms with Gasteiger partial charge in [0.2, 0.25) is 0 Å². The highest BCUT2D eigenvalue weighted by molar-refractivity contribution is 6.31. The molecule has 0 spiro atoms. The van der Waals surface area contributed by atoms with Gasteiger partial charge in [-0.05, 0) is 43.4 Å². The molecular formula is C16H18ClF3O. The number of halogens is 4. The third-order valence-electron chi connectivity index (χ3n) is 4.17. The first-order valence-electron chi connectivity index (χ1n) is 7.12. The minimum Gasteiger partial charge on any atom is -0.299 e. The third-order valence-corrected chi connectivity index (χ3v) is 4.52. The lowest BCUT2D eigenvalue weighted by atomic mass is 9.78. The SMILES string of the molecule is Cc1ccc(CC(=O)C2CCCC(C(F)(F)F)C2)c(Cl)c1. The molecule has 5 heteroatoms. The molecule has 0 aliphatic heterocycles. The molecule has 0 bridgehead atoms. The summed E-state index contributed by atoms with van der Waals surface area (Å²) in [5, 5.41) is 0.506. The average Bonchev–Trinajstić information content (AvgIpc) is 2.41. The first kappa shape index (κ1) is 16.3. The maximum Gasteiger partial charge on any atom is 0.391 e. The monoisotopic (exact) mass is 318 g/mol. The highest BCUT2D eigenvalue weighted by Gasteiger charge is 2.43. The minimum absolute atomic E-state index is 0.0776. The van der Waals surface area contributed by atoms with Crippen LogP contribution in [0.4, 0.5) is 13.2 Å². The Balaban J connectivity index is 2.03. The Labute approximate surface area is 127 Å². The molecule has 116 valence electrons. The van der Waals surface area contributed by atoms with E-state index in [0.29, 0.717) is 23.4 Å². The van der Waals surface area contributed by atoms with Crippen LogP contribution in [0.2, 0.25) is 5.02 Å². The fourth-order valence-corrected chi connectivity index (χ4v) is 3.21. The van der Waals surface area contributed by atoms with Gasteiger partial charge < -0.3 is 0 Å². The molecule has 0 saturated heterocycles. The lowest BCUT2D eigenvalue weighted by Crippen LogP contribution is -2.32. The predicted octanol–water partition coefficient (Wildman–Crippen LogP) is 5.13. The molecule has 1 fully saturated rings. The molecule has 1 aromatic rings. The number of carbonyl (C=O) groups excluding carboxylic acids is 1. The van der Waals surface area contributed by atoms with Gasteiger partial charge in [0.05, 0.1) is 5.92 Å². The van der Waals surface area contributed by atoms with E-state index in [0.717, 1.165) is 5.56 Å². The Bertz CT molecular complexity index is 525. The fraction of sp³-hybridized carbons (Fsp3) is 0.562. The molecule has 1 saturated carbocycles. The number of aryl methyl sites for hydroxylation is 1. The average molecular weight is 319 g/mol. The van der Waals surface area contributed by atoms with Crippen molar-refractivity contribution >= 4 is 17.4 Å². The Hall–Kier alpha value is -1.03. The van der Waals surface area contributed by atoms with Crippen molar-refractivity contribution in [3.8, 4) is 0 Å². The quantitative estimate of drug-likeness (QED) is 0.755. The van der Waals surface area contributed by atoms with Gasteiger partial charge in [-0.1, -0.05) is 30.2 Å². The summed E-state index contributed by atoms with van der Waals surface area (Å²) in [6, 6.07) is 5.40. The first-order chi connectivity index (χ1) is 9.77. The van der Waals surface area contributed by atoms with Gasteiger partial charge in [0.25, 0.3) is 0 Å². The van der Waals surface area contributed by atoms with E-state index in [1.54, 1.807) is 12.1 Å². The van der Waals surface area contributed by atoms with Crippen LogP contribution in [0.3, 0.4) is 0 Å². The van der Waals surface area contributed by atoms with Crippen molar-refractivity contribution in [3.05, 3.63) is 34.3 Å². The summed E-state index contributed by atoms with van der Waals surface area (Å²) in [6.07, 6.45) is -3.00. The highest BCUT2D eigenvalue weighted by atomic mass is 35.5. The number of hydrogen-bond donors (Lipinski definition) is 0.